The van der Waals surface area contributed by atoms with E-state index in [0.29, 0.717) is 11.1 Å². The molecule has 3 heterocycles. The number of hydrogen-bond acceptors (Lipinski definition) is 8. The fourth-order valence-corrected chi connectivity index (χ4v) is 11.1. The topological polar surface area (TPSA) is 97.7 Å². The Kier molecular flexibility index (Phi) is 7.86. The minimum absolute atomic E-state index is 0.0205. The maximum Gasteiger partial charge on any atom is 0.340 e. The first-order chi connectivity index (χ1) is 17.5. The minimum atomic E-state index is -4.49. The van der Waals surface area contributed by atoms with Crippen LogP contribution in [0.2, 0.25) is 0 Å². The molecule has 0 spiro atoms. The van der Waals surface area contributed by atoms with E-state index < -0.39 is 20.2 Å². The second-order valence-electron chi connectivity index (χ2n) is 7.67. The van der Waals surface area contributed by atoms with Crippen molar-refractivity contribution in [2.45, 2.75) is 9.79 Å². The van der Waals surface area contributed by atoms with Crippen LogP contribution in [0.3, 0.4) is 0 Å². The Bertz CT molecular complexity index is 1710. The van der Waals surface area contributed by atoms with Crippen molar-refractivity contribution in [2.75, 3.05) is 0 Å². The molecule has 37 heavy (non-hydrogen) atoms. The van der Waals surface area contributed by atoms with E-state index in [1.807, 2.05) is 62.6 Å². The molecule has 0 atom stereocenters. The zero-order valence-corrected chi connectivity index (χ0v) is 26.7. The van der Waals surface area contributed by atoms with Gasteiger partial charge in [0.2, 0.25) is 0 Å². The van der Waals surface area contributed by atoms with Gasteiger partial charge in [-0.05, 0) is 142 Å². The van der Waals surface area contributed by atoms with Gasteiger partial charge in [-0.1, -0.05) is 0 Å². The van der Waals surface area contributed by atoms with Crippen molar-refractivity contribution in [2.24, 2.45) is 0 Å². The lowest BCUT2D eigenvalue weighted by Crippen LogP contribution is -2.14. The lowest BCUT2D eigenvalue weighted by Gasteiger charge is -2.17. The Labute approximate surface area is 253 Å². The van der Waals surface area contributed by atoms with Crippen LogP contribution in [-0.4, -0.2) is 21.4 Å². The normalized spacial score (nSPS) is 12.1. The van der Waals surface area contributed by atoms with Crippen LogP contribution in [-0.2, 0) is 20.2 Å². The third-order valence-corrected chi connectivity index (χ3v) is 12.1. The fourth-order valence-electron chi connectivity index (χ4n) is 3.76. The van der Waals surface area contributed by atoms with E-state index in [4.69, 9.17) is 4.18 Å². The minimum Gasteiger partial charge on any atom is -0.379 e. The van der Waals surface area contributed by atoms with Crippen molar-refractivity contribution in [3.05, 3.63) is 81.9 Å². The van der Waals surface area contributed by atoms with E-state index in [1.54, 1.807) is 56.5 Å². The fraction of sp³-hybridized carbons (Fsp3) is 0. The molecule has 0 bridgehead atoms. The van der Waals surface area contributed by atoms with Gasteiger partial charge in [0.1, 0.15) is 15.5 Å². The third-order valence-electron chi connectivity index (χ3n) is 5.29. The van der Waals surface area contributed by atoms with Gasteiger partial charge in [0.25, 0.3) is 10.1 Å². The molecule has 0 aliphatic heterocycles. The highest BCUT2D eigenvalue weighted by molar-refractivity contribution is 14.1. The van der Waals surface area contributed by atoms with Crippen LogP contribution < -0.4 is 4.18 Å². The highest BCUT2D eigenvalue weighted by atomic mass is 127. The van der Waals surface area contributed by atoms with Gasteiger partial charge in [0.15, 0.2) is 0 Å². The molecule has 0 unspecified atom stereocenters. The lowest BCUT2D eigenvalue weighted by molar-refractivity contribution is 0.480. The second-order valence-corrected chi connectivity index (χ2v) is 15.2. The monoisotopic (exact) mass is 812 g/mol. The molecule has 190 valence electrons. The van der Waals surface area contributed by atoms with E-state index in [0.717, 1.165) is 22.3 Å². The molecule has 0 amide bonds. The maximum atomic E-state index is 13.9. The van der Waals surface area contributed by atoms with Gasteiger partial charge in [0, 0.05) is 18.3 Å². The van der Waals surface area contributed by atoms with Crippen molar-refractivity contribution in [3.8, 4) is 39.1 Å². The molecule has 5 rings (SSSR count). The number of thiophene rings is 3. The Hall–Kier alpha value is -1.34. The predicted molar refractivity (Wildman–Crippen MR) is 166 cm³/mol. The predicted octanol–water partition coefficient (Wildman–Crippen LogP) is 8.10. The summed E-state index contributed by atoms with van der Waals surface area (Å²) in [5, 5.41) is 11.5. The van der Waals surface area contributed by atoms with Gasteiger partial charge in [-0.2, -0.15) is 50.8 Å². The Morgan fingerprint density at radius 3 is 1.51 bits per heavy atom. The molecule has 13 heteroatoms. The third kappa shape index (κ3) is 5.68. The van der Waals surface area contributed by atoms with Gasteiger partial charge >= 0.3 is 10.1 Å². The van der Waals surface area contributed by atoms with E-state index in [2.05, 4.69) is 0 Å². The van der Waals surface area contributed by atoms with Crippen molar-refractivity contribution in [1.82, 2.24) is 0 Å². The van der Waals surface area contributed by atoms with E-state index >= 15 is 0 Å². The molecule has 0 saturated carbocycles. The Balaban J connectivity index is 1.74. The van der Waals surface area contributed by atoms with Crippen molar-refractivity contribution in [1.29, 1.82) is 0 Å². The second kappa shape index (κ2) is 10.7. The quantitative estimate of drug-likeness (QED) is 0.101. The first kappa shape index (κ1) is 27.2. The van der Waals surface area contributed by atoms with Gasteiger partial charge < -0.3 is 4.18 Å². The van der Waals surface area contributed by atoms with Gasteiger partial charge in [0.05, 0.1) is 0 Å². The standard InChI is InChI=1S/C24H14I2O6S5/c25-21-9-18(10-22(26)24(21)36(27,28)29)32-37(30,31)23-19(15-2-5-34-12-15)7-17(14-1-4-33-11-14)8-20(23)16-3-6-35-13-16/h1-13H,(H,27,28,29). The van der Waals surface area contributed by atoms with Crippen LogP contribution in [0.4, 0.5) is 0 Å². The number of halogens is 2. The summed E-state index contributed by atoms with van der Waals surface area (Å²) in [6.45, 7) is 0. The maximum absolute atomic E-state index is 13.9. The summed E-state index contributed by atoms with van der Waals surface area (Å²) in [6, 6.07) is 12.0. The van der Waals surface area contributed by atoms with Crippen molar-refractivity contribution < 1.29 is 25.6 Å². The lowest BCUT2D eigenvalue weighted by atomic mass is 9.96. The summed E-state index contributed by atoms with van der Waals surface area (Å²) in [7, 11) is -8.89. The number of hydrogen-bond donors (Lipinski definition) is 1. The molecule has 0 aliphatic rings. The molecule has 5 aromatic rings. The van der Waals surface area contributed by atoms with Crippen molar-refractivity contribution in [3.63, 3.8) is 0 Å². The van der Waals surface area contributed by atoms with E-state index in [1.165, 1.54) is 34.8 Å². The van der Waals surface area contributed by atoms with Crippen LogP contribution in [0.25, 0.3) is 33.4 Å². The molecule has 2 aromatic carbocycles. The molecule has 0 fully saturated rings. The van der Waals surface area contributed by atoms with Gasteiger partial charge in [-0.3, -0.25) is 4.55 Å². The zero-order valence-electron chi connectivity index (χ0n) is 18.3. The summed E-state index contributed by atoms with van der Waals surface area (Å²) in [5.41, 5.74) is 4.35. The SMILES string of the molecule is O=S(=O)(O)c1c(I)cc(OS(=O)(=O)c2c(-c3ccsc3)cc(-c3ccsc3)cc2-c2ccsc2)cc1I. The van der Waals surface area contributed by atoms with Crippen LogP contribution in [0, 0.1) is 7.14 Å². The van der Waals surface area contributed by atoms with Crippen LogP contribution >= 0.6 is 79.2 Å². The van der Waals surface area contributed by atoms with Crippen LogP contribution in [0.1, 0.15) is 0 Å². The van der Waals surface area contributed by atoms with Crippen molar-refractivity contribution >= 4 is 99.4 Å². The molecule has 0 aliphatic carbocycles. The van der Waals surface area contributed by atoms with E-state index in [9.17, 15) is 21.4 Å². The number of benzene rings is 2. The summed E-state index contributed by atoms with van der Waals surface area (Å²) < 4.78 is 66.9. The molecular weight excluding hydrogens is 798 g/mol. The van der Waals surface area contributed by atoms with E-state index in [-0.39, 0.29) is 22.7 Å². The van der Waals surface area contributed by atoms with Gasteiger partial charge in [-0.25, -0.2) is 0 Å². The molecule has 3 aromatic heterocycles. The average molecular weight is 813 g/mol. The molecular formula is C24H14I2O6S5. The zero-order chi connectivity index (χ0) is 26.4. The first-order valence-electron chi connectivity index (χ1n) is 10.2. The smallest absolute Gasteiger partial charge is 0.340 e. The largest absolute Gasteiger partial charge is 0.379 e. The molecule has 0 radical (unpaired) electrons. The van der Waals surface area contributed by atoms with Crippen LogP contribution in [0.5, 0.6) is 5.75 Å². The Morgan fingerprint density at radius 2 is 1.11 bits per heavy atom. The molecule has 1 N–H and O–H groups in total. The molecule has 6 nitrogen and oxygen atoms in total. The average Bonchev–Trinajstić information content (AvgIpc) is 3.60. The van der Waals surface area contributed by atoms with Gasteiger partial charge in [-0.15, -0.1) is 0 Å². The summed E-state index contributed by atoms with van der Waals surface area (Å²) in [5.74, 6) is -0.0596. The number of rotatable bonds is 7. The highest BCUT2D eigenvalue weighted by Crippen LogP contribution is 2.42. The molecule has 0 saturated heterocycles. The van der Waals surface area contributed by atoms with Crippen LogP contribution in [0.15, 0.2) is 84.5 Å². The summed E-state index contributed by atoms with van der Waals surface area (Å²) in [4.78, 5) is -0.274. The summed E-state index contributed by atoms with van der Waals surface area (Å²) >= 11 is 7.93. The highest BCUT2D eigenvalue weighted by Gasteiger charge is 2.29. The summed E-state index contributed by atoms with van der Waals surface area (Å²) in [6.07, 6.45) is 0. The first-order valence-corrected chi connectivity index (χ1v) is 18.0. The Morgan fingerprint density at radius 1 is 0.649 bits per heavy atom.